The molecule has 164 valence electrons. The van der Waals surface area contributed by atoms with Gasteiger partial charge in [0.25, 0.3) is 0 Å². The number of piperidine rings is 1. The van der Waals surface area contributed by atoms with Gasteiger partial charge in [0.05, 0.1) is 17.6 Å². The molecule has 0 unspecified atom stereocenters. The van der Waals surface area contributed by atoms with Crippen LogP contribution in [0.25, 0.3) is 5.69 Å². The van der Waals surface area contributed by atoms with E-state index in [1.54, 1.807) is 4.68 Å². The number of hydrogen-bond donors (Lipinski definition) is 3. The maximum atomic E-state index is 14.5. The fourth-order valence-electron chi connectivity index (χ4n) is 4.56. The summed E-state index contributed by atoms with van der Waals surface area (Å²) in [6.45, 7) is 10.6. The molecular formula is C23H30FN7. The number of aromatic nitrogens is 4. The predicted octanol–water partition coefficient (Wildman–Crippen LogP) is 4.57. The SMILES string of the molecule is Cc1ccn(-c2cccc(Nc3ncc(F)c(NC4CC(C)(C)NC(C)(C)C4)n3)c2)n1. The zero-order valence-electron chi connectivity index (χ0n) is 18.7. The predicted molar refractivity (Wildman–Crippen MR) is 122 cm³/mol. The number of aryl methyl sites for hydroxylation is 1. The number of rotatable bonds is 5. The number of benzene rings is 1. The normalized spacial score (nSPS) is 18.0. The second-order valence-electron chi connectivity index (χ2n) is 9.61. The van der Waals surface area contributed by atoms with Gasteiger partial charge >= 0.3 is 0 Å². The van der Waals surface area contributed by atoms with Crippen molar-refractivity contribution in [1.29, 1.82) is 0 Å². The van der Waals surface area contributed by atoms with Gasteiger partial charge in [0.2, 0.25) is 5.95 Å². The third-order valence-electron chi connectivity index (χ3n) is 5.36. The number of hydrogen-bond acceptors (Lipinski definition) is 6. The molecule has 7 nitrogen and oxygen atoms in total. The zero-order chi connectivity index (χ0) is 22.2. The van der Waals surface area contributed by atoms with Crippen molar-refractivity contribution in [3.05, 3.63) is 54.2 Å². The fraction of sp³-hybridized carbons (Fsp3) is 0.435. The van der Waals surface area contributed by atoms with Crippen molar-refractivity contribution in [2.75, 3.05) is 10.6 Å². The Morgan fingerprint density at radius 3 is 2.55 bits per heavy atom. The molecule has 0 saturated carbocycles. The molecule has 0 bridgehead atoms. The molecule has 2 aromatic heterocycles. The van der Waals surface area contributed by atoms with Crippen molar-refractivity contribution < 1.29 is 4.39 Å². The summed E-state index contributed by atoms with van der Waals surface area (Å²) in [6, 6.07) is 9.81. The summed E-state index contributed by atoms with van der Waals surface area (Å²) in [5, 5.41) is 14.6. The molecule has 8 heteroatoms. The highest BCUT2D eigenvalue weighted by molar-refractivity contribution is 5.58. The number of anilines is 3. The molecule has 1 fully saturated rings. The maximum absolute atomic E-state index is 14.5. The van der Waals surface area contributed by atoms with Crippen molar-refractivity contribution in [1.82, 2.24) is 25.1 Å². The summed E-state index contributed by atoms with van der Waals surface area (Å²) >= 11 is 0. The van der Waals surface area contributed by atoms with Crippen LogP contribution in [0, 0.1) is 12.7 Å². The first-order chi connectivity index (χ1) is 14.6. The van der Waals surface area contributed by atoms with E-state index in [0.717, 1.165) is 29.9 Å². The van der Waals surface area contributed by atoms with Crippen LogP contribution in [0.3, 0.4) is 0 Å². The van der Waals surface area contributed by atoms with Crippen molar-refractivity contribution in [2.24, 2.45) is 0 Å². The van der Waals surface area contributed by atoms with E-state index in [2.05, 4.69) is 58.7 Å². The summed E-state index contributed by atoms with van der Waals surface area (Å²) in [6.07, 6.45) is 4.85. The fourth-order valence-corrected chi connectivity index (χ4v) is 4.56. The molecule has 0 aliphatic carbocycles. The smallest absolute Gasteiger partial charge is 0.229 e. The van der Waals surface area contributed by atoms with Gasteiger partial charge < -0.3 is 16.0 Å². The summed E-state index contributed by atoms with van der Waals surface area (Å²) in [5.41, 5.74) is 2.57. The average Bonchev–Trinajstić information content (AvgIpc) is 3.09. The van der Waals surface area contributed by atoms with Gasteiger partial charge in [-0.3, -0.25) is 0 Å². The maximum Gasteiger partial charge on any atom is 0.229 e. The molecule has 1 aromatic carbocycles. The Hall–Kier alpha value is -3.00. The quantitative estimate of drug-likeness (QED) is 0.558. The Labute approximate surface area is 182 Å². The van der Waals surface area contributed by atoms with Gasteiger partial charge in [-0.1, -0.05) is 6.07 Å². The lowest BCUT2D eigenvalue weighted by atomic mass is 9.79. The molecule has 1 saturated heterocycles. The molecule has 3 aromatic rings. The van der Waals surface area contributed by atoms with Crippen molar-refractivity contribution in [3.63, 3.8) is 0 Å². The van der Waals surface area contributed by atoms with E-state index in [1.165, 1.54) is 6.20 Å². The number of nitrogens with zero attached hydrogens (tertiary/aromatic N) is 4. The molecule has 3 heterocycles. The van der Waals surface area contributed by atoms with E-state index < -0.39 is 5.82 Å². The van der Waals surface area contributed by atoms with Crippen LogP contribution in [-0.4, -0.2) is 36.9 Å². The monoisotopic (exact) mass is 423 g/mol. The third-order valence-corrected chi connectivity index (χ3v) is 5.36. The molecule has 1 aliphatic rings. The Morgan fingerprint density at radius 1 is 1.13 bits per heavy atom. The van der Waals surface area contributed by atoms with Crippen LogP contribution in [-0.2, 0) is 0 Å². The van der Waals surface area contributed by atoms with Crippen LogP contribution >= 0.6 is 0 Å². The Bertz CT molecular complexity index is 1060. The minimum atomic E-state index is -0.458. The first-order valence-electron chi connectivity index (χ1n) is 10.6. The van der Waals surface area contributed by atoms with Crippen LogP contribution in [0.15, 0.2) is 42.7 Å². The Balaban J connectivity index is 1.52. The number of nitrogens with one attached hydrogen (secondary N) is 3. The van der Waals surface area contributed by atoms with Gasteiger partial charge in [0.15, 0.2) is 11.6 Å². The topological polar surface area (TPSA) is 79.7 Å². The third kappa shape index (κ3) is 5.19. The van der Waals surface area contributed by atoms with E-state index in [9.17, 15) is 4.39 Å². The van der Waals surface area contributed by atoms with Gasteiger partial charge in [-0.25, -0.2) is 14.1 Å². The highest BCUT2D eigenvalue weighted by Gasteiger charge is 2.38. The van der Waals surface area contributed by atoms with Crippen molar-refractivity contribution in [2.45, 2.75) is 64.6 Å². The Kier molecular flexibility index (Phi) is 5.43. The molecule has 31 heavy (non-hydrogen) atoms. The minimum absolute atomic E-state index is 0.0463. The van der Waals surface area contributed by atoms with Crippen LogP contribution in [0.5, 0.6) is 0 Å². The molecule has 1 aliphatic heterocycles. The van der Waals surface area contributed by atoms with Gasteiger partial charge in [-0.05, 0) is 71.7 Å². The van der Waals surface area contributed by atoms with E-state index in [-0.39, 0.29) is 22.9 Å². The standard InChI is InChI=1S/C23H30FN7/c1-15-9-10-31(29-15)18-8-6-7-16(11-18)27-21-25-14-19(24)20(28-21)26-17-12-22(2,3)30-23(4,5)13-17/h6-11,14,17,30H,12-13H2,1-5H3,(H2,25,26,27,28). The van der Waals surface area contributed by atoms with Crippen LogP contribution in [0.1, 0.15) is 46.2 Å². The molecule has 4 rings (SSSR count). The molecule has 0 amide bonds. The van der Waals surface area contributed by atoms with E-state index in [4.69, 9.17) is 0 Å². The van der Waals surface area contributed by atoms with E-state index in [1.807, 2.05) is 43.5 Å². The Morgan fingerprint density at radius 2 is 1.87 bits per heavy atom. The molecule has 0 spiro atoms. The lowest BCUT2D eigenvalue weighted by Crippen LogP contribution is -2.60. The van der Waals surface area contributed by atoms with E-state index in [0.29, 0.717) is 5.95 Å². The van der Waals surface area contributed by atoms with Crippen molar-refractivity contribution in [3.8, 4) is 5.69 Å². The van der Waals surface area contributed by atoms with E-state index >= 15 is 0 Å². The van der Waals surface area contributed by atoms with Crippen LogP contribution < -0.4 is 16.0 Å². The second kappa shape index (κ2) is 7.92. The van der Waals surface area contributed by atoms with Gasteiger partial charge in [-0.15, -0.1) is 0 Å². The average molecular weight is 424 g/mol. The summed E-state index contributed by atoms with van der Waals surface area (Å²) in [4.78, 5) is 8.53. The highest BCUT2D eigenvalue weighted by Crippen LogP contribution is 2.31. The largest absolute Gasteiger partial charge is 0.365 e. The van der Waals surface area contributed by atoms with Crippen LogP contribution in [0.4, 0.5) is 21.8 Å². The lowest BCUT2D eigenvalue weighted by Gasteiger charge is -2.46. The molecule has 0 radical (unpaired) electrons. The van der Waals surface area contributed by atoms with Crippen LogP contribution in [0.2, 0.25) is 0 Å². The lowest BCUT2D eigenvalue weighted by molar-refractivity contribution is 0.170. The van der Waals surface area contributed by atoms with Crippen molar-refractivity contribution >= 4 is 17.5 Å². The summed E-state index contributed by atoms with van der Waals surface area (Å²) in [7, 11) is 0. The zero-order valence-corrected chi connectivity index (χ0v) is 18.7. The molecular weight excluding hydrogens is 393 g/mol. The minimum Gasteiger partial charge on any atom is -0.365 e. The first-order valence-corrected chi connectivity index (χ1v) is 10.6. The van der Waals surface area contributed by atoms with Gasteiger partial charge in [0, 0.05) is 29.0 Å². The summed E-state index contributed by atoms with van der Waals surface area (Å²) in [5.74, 6) is 0.0977. The second-order valence-corrected chi connectivity index (χ2v) is 9.61. The summed E-state index contributed by atoms with van der Waals surface area (Å²) < 4.78 is 16.3. The van der Waals surface area contributed by atoms with Gasteiger partial charge in [0.1, 0.15) is 0 Å². The highest BCUT2D eigenvalue weighted by atomic mass is 19.1. The first kappa shape index (κ1) is 21.2. The molecule has 3 N–H and O–H groups in total. The number of halogens is 1. The van der Waals surface area contributed by atoms with Gasteiger partial charge in [-0.2, -0.15) is 10.1 Å². The molecule has 0 atom stereocenters.